The van der Waals surface area contributed by atoms with Gasteiger partial charge >= 0.3 is 0 Å². The SMILES string of the molecule is CC(C1CCOC1)n1nnnc1-c1ccc(N)cc1N. The molecular formula is C13H18N6O. The number of aromatic nitrogens is 4. The molecule has 3 rings (SSSR count). The van der Waals surface area contributed by atoms with E-state index in [9.17, 15) is 0 Å². The van der Waals surface area contributed by atoms with Gasteiger partial charge in [-0.25, -0.2) is 4.68 Å². The molecule has 1 fully saturated rings. The van der Waals surface area contributed by atoms with E-state index in [1.54, 1.807) is 12.1 Å². The van der Waals surface area contributed by atoms with Crippen LogP contribution in [0.3, 0.4) is 0 Å². The molecule has 0 bridgehead atoms. The van der Waals surface area contributed by atoms with Gasteiger partial charge in [-0.2, -0.15) is 0 Å². The van der Waals surface area contributed by atoms with E-state index in [2.05, 4.69) is 22.4 Å². The molecule has 7 nitrogen and oxygen atoms in total. The lowest BCUT2D eigenvalue weighted by atomic mass is 10.0. The lowest BCUT2D eigenvalue weighted by Crippen LogP contribution is -2.19. The molecule has 0 amide bonds. The summed E-state index contributed by atoms with van der Waals surface area (Å²) in [4.78, 5) is 0. The number of nitrogen functional groups attached to an aromatic ring is 2. The highest BCUT2D eigenvalue weighted by molar-refractivity contribution is 5.74. The van der Waals surface area contributed by atoms with Gasteiger partial charge in [-0.15, -0.1) is 5.10 Å². The molecule has 7 heteroatoms. The minimum absolute atomic E-state index is 0.166. The lowest BCUT2D eigenvalue weighted by molar-refractivity contribution is 0.173. The van der Waals surface area contributed by atoms with Gasteiger partial charge in [-0.05, 0) is 42.0 Å². The van der Waals surface area contributed by atoms with Crippen LogP contribution in [0.5, 0.6) is 0 Å². The fourth-order valence-corrected chi connectivity index (χ4v) is 2.56. The molecule has 0 radical (unpaired) electrons. The van der Waals surface area contributed by atoms with E-state index in [0.717, 1.165) is 25.2 Å². The Labute approximate surface area is 116 Å². The monoisotopic (exact) mass is 274 g/mol. The van der Waals surface area contributed by atoms with E-state index in [1.807, 2.05) is 10.7 Å². The normalized spacial score (nSPS) is 20.1. The first-order chi connectivity index (χ1) is 9.66. The molecule has 0 spiro atoms. The molecule has 4 N–H and O–H groups in total. The average Bonchev–Trinajstić information content (AvgIpc) is 3.09. The average molecular weight is 274 g/mol. The Morgan fingerprint density at radius 3 is 2.95 bits per heavy atom. The maximum absolute atomic E-state index is 6.02. The molecule has 2 atom stereocenters. The third-order valence-corrected chi connectivity index (χ3v) is 3.84. The largest absolute Gasteiger partial charge is 0.399 e. The highest BCUT2D eigenvalue weighted by atomic mass is 16.5. The van der Waals surface area contributed by atoms with Crippen molar-refractivity contribution in [1.29, 1.82) is 0 Å². The Kier molecular flexibility index (Phi) is 3.27. The van der Waals surface area contributed by atoms with E-state index < -0.39 is 0 Å². The molecule has 1 aromatic carbocycles. The summed E-state index contributed by atoms with van der Waals surface area (Å²) < 4.78 is 7.26. The van der Waals surface area contributed by atoms with Crippen LogP contribution in [0.15, 0.2) is 18.2 Å². The Balaban J connectivity index is 1.97. The van der Waals surface area contributed by atoms with Gasteiger partial charge in [-0.3, -0.25) is 0 Å². The van der Waals surface area contributed by atoms with E-state index in [4.69, 9.17) is 16.2 Å². The maximum atomic E-state index is 6.02. The molecule has 1 aliphatic rings. The van der Waals surface area contributed by atoms with Crippen molar-refractivity contribution in [2.45, 2.75) is 19.4 Å². The molecule has 20 heavy (non-hydrogen) atoms. The summed E-state index contributed by atoms with van der Waals surface area (Å²) >= 11 is 0. The number of anilines is 2. The minimum Gasteiger partial charge on any atom is -0.399 e. The topological polar surface area (TPSA) is 105 Å². The van der Waals surface area contributed by atoms with Crippen molar-refractivity contribution in [2.24, 2.45) is 5.92 Å². The summed E-state index contributed by atoms with van der Waals surface area (Å²) in [6.45, 7) is 3.65. The first kappa shape index (κ1) is 12.9. The van der Waals surface area contributed by atoms with Crippen LogP contribution in [0.25, 0.3) is 11.4 Å². The quantitative estimate of drug-likeness (QED) is 0.812. The van der Waals surface area contributed by atoms with Gasteiger partial charge in [0.1, 0.15) is 0 Å². The number of tetrazole rings is 1. The third-order valence-electron chi connectivity index (χ3n) is 3.84. The van der Waals surface area contributed by atoms with Crippen molar-refractivity contribution >= 4 is 11.4 Å². The molecule has 2 aromatic rings. The second-order valence-corrected chi connectivity index (χ2v) is 5.16. The van der Waals surface area contributed by atoms with E-state index in [-0.39, 0.29) is 6.04 Å². The predicted molar refractivity (Wildman–Crippen MR) is 75.7 cm³/mol. The van der Waals surface area contributed by atoms with Gasteiger partial charge in [0, 0.05) is 29.5 Å². The Bertz CT molecular complexity index is 605. The van der Waals surface area contributed by atoms with Crippen LogP contribution in [0.1, 0.15) is 19.4 Å². The molecule has 2 heterocycles. The second kappa shape index (κ2) is 5.09. The van der Waals surface area contributed by atoms with Gasteiger partial charge in [0.15, 0.2) is 5.82 Å². The van der Waals surface area contributed by atoms with Crippen LogP contribution in [-0.2, 0) is 4.74 Å². The van der Waals surface area contributed by atoms with Gasteiger partial charge in [0.05, 0.1) is 12.6 Å². The molecule has 106 valence electrons. The summed E-state index contributed by atoms with van der Waals surface area (Å²) in [5.41, 5.74) is 13.8. The smallest absolute Gasteiger partial charge is 0.184 e. The number of nitrogens with zero attached hydrogens (tertiary/aromatic N) is 4. The third kappa shape index (κ3) is 2.20. The van der Waals surface area contributed by atoms with E-state index >= 15 is 0 Å². The zero-order chi connectivity index (χ0) is 14.1. The number of nitrogens with two attached hydrogens (primary N) is 2. The zero-order valence-electron chi connectivity index (χ0n) is 11.4. The molecule has 1 saturated heterocycles. The fourth-order valence-electron chi connectivity index (χ4n) is 2.56. The van der Waals surface area contributed by atoms with Crippen molar-refractivity contribution in [3.05, 3.63) is 18.2 Å². The van der Waals surface area contributed by atoms with Crippen LogP contribution in [0.4, 0.5) is 11.4 Å². The van der Waals surface area contributed by atoms with E-state index in [1.165, 1.54) is 0 Å². The van der Waals surface area contributed by atoms with Crippen LogP contribution in [-0.4, -0.2) is 33.4 Å². The zero-order valence-corrected chi connectivity index (χ0v) is 11.4. The fraction of sp³-hybridized carbons (Fsp3) is 0.462. The summed E-state index contributed by atoms with van der Waals surface area (Å²) in [6, 6.07) is 5.54. The highest BCUT2D eigenvalue weighted by Gasteiger charge is 2.27. The van der Waals surface area contributed by atoms with E-state index in [0.29, 0.717) is 23.1 Å². The first-order valence-electron chi connectivity index (χ1n) is 6.68. The minimum atomic E-state index is 0.166. The maximum Gasteiger partial charge on any atom is 0.184 e. The van der Waals surface area contributed by atoms with Crippen LogP contribution in [0.2, 0.25) is 0 Å². The number of rotatable bonds is 3. The lowest BCUT2D eigenvalue weighted by Gasteiger charge is -2.19. The number of benzene rings is 1. The van der Waals surface area contributed by atoms with Crippen LogP contribution >= 0.6 is 0 Å². The number of hydrogen-bond donors (Lipinski definition) is 2. The molecule has 0 aliphatic carbocycles. The number of hydrogen-bond acceptors (Lipinski definition) is 6. The van der Waals surface area contributed by atoms with Gasteiger partial charge in [0.2, 0.25) is 0 Å². The Morgan fingerprint density at radius 1 is 1.40 bits per heavy atom. The van der Waals surface area contributed by atoms with Crippen molar-refractivity contribution in [1.82, 2.24) is 20.2 Å². The van der Waals surface area contributed by atoms with Crippen LogP contribution < -0.4 is 11.5 Å². The number of ether oxygens (including phenoxy) is 1. The van der Waals surface area contributed by atoms with Crippen molar-refractivity contribution in [3.8, 4) is 11.4 Å². The summed E-state index contributed by atoms with van der Waals surface area (Å²) in [7, 11) is 0. The predicted octanol–water partition coefficient (Wildman–Crippen LogP) is 1.10. The first-order valence-corrected chi connectivity index (χ1v) is 6.68. The van der Waals surface area contributed by atoms with Gasteiger partial charge < -0.3 is 16.2 Å². The van der Waals surface area contributed by atoms with Gasteiger partial charge in [-0.1, -0.05) is 0 Å². The Morgan fingerprint density at radius 2 is 2.25 bits per heavy atom. The molecule has 2 unspecified atom stereocenters. The second-order valence-electron chi connectivity index (χ2n) is 5.16. The summed E-state index contributed by atoms with van der Waals surface area (Å²) in [5, 5.41) is 12.0. The van der Waals surface area contributed by atoms with Crippen molar-refractivity contribution in [2.75, 3.05) is 24.7 Å². The van der Waals surface area contributed by atoms with Gasteiger partial charge in [0.25, 0.3) is 0 Å². The summed E-state index contributed by atoms with van der Waals surface area (Å²) in [6.07, 6.45) is 1.03. The summed E-state index contributed by atoms with van der Waals surface area (Å²) in [5.74, 6) is 1.09. The Hall–Kier alpha value is -2.15. The standard InChI is InChI=1S/C13H18N6O/c1-8(9-4-5-20-7-9)19-13(16-17-18-19)11-3-2-10(14)6-12(11)15/h2-3,6,8-9H,4-5,7,14-15H2,1H3. The molecule has 1 aromatic heterocycles. The molecule has 0 saturated carbocycles. The highest BCUT2D eigenvalue weighted by Crippen LogP contribution is 2.31. The molecule has 1 aliphatic heterocycles. The molecular weight excluding hydrogens is 256 g/mol. The van der Waals surface area contributed by atoms with Crippen LogP contribution in [0, 0.1) is 5.92 Å². The van der Waals surface area contributed by atoms with Crippen molar-refractivity contribution < 1.29 is 4.74 Å². The van der Waals surface area contributed by atoms with Crippen molar-refractivity contribution in [3.63, 3.8) is 0 Å².